The summed E-state index contributed by atoms with van der Waals surface area (Å²) < 4.78 is 0. The van der Waals surface area contributed by atoms with Crippen LogP contribution in [0.2, 0.25) is 0 Å². The molecule has 1 aromatic heterocycles. The molecule has 0 spiro atoms. The van der Waals surface area contributed by atoms with Crippen LogP contribution in [0, 0.1) is 0 Å². The number of hydrogen-bond donors (Lipinski definition) is 2. The average molecular weight is 268 g/mol. The van der Waals surface area contributed by atoms with Gasteiger partial charge in [0.1, 0.15) is 0 Å². The van der Waals surface area contributed by atoms with Crippen LogP contribution in [0.1, 0.15) is 31.6 Å². The van der Waals surface area contributed by atoms with Crippen molar-refractivity contribution in [3.8, 4) is 0 Å². The summed E-state index contributed by atoms with van der Waals surface area (Å²) in [5, 5.41) is 15.5. The van der Waals surface area contributed by atoms with Crippen LogP contribution >= 0.6 is 11.3 Å². The smallest absolute Gasteiger partial charge is 0.0791 e. The van der Waals surface area contributed by atoms with Crippen LogP contribution in [0.15, 0.2) is 17.5 Å². The van der Waals surface area contributed by atoms with Gasteiger partial charge in [-0.3, -0.25) is 4.90 Å². The first-order valence-corrected chi connectivity index (χ1v) is 7.71. The van der Waals surface area contributed by atoms with E-state index in [1.807, 2.05) is 0 Å². The summed E-state index contributed by atoms with van der Waals surface area (Å²) in [4.78, 5) is 3.82. The predicted octanol–water partition coefficient (Wildman–Crippen LogP) is 2.07. The molecule has 0 aromatic carbocycles. The van der Waals surface area contributed by atoms with E-state index in [-0.39, 0.29) is 6.10 Å². The molecule has 2 N–H and O–H groups in total. The van der Waals surface area contributed by atoms with Gasteiger partial charge in [0.2, 0.25) is 0 Å². The van der Waals surface area contributed by atoms with Crippen LogP contribution in [-0.2, 0) is 6.54 Å². The van der Waals surface area contributed by atoms with Gasteiger partial charge in [0.15, 0.2) is 0 Å². The van der Waals surface area contributed by atoms with Gasteiger partial charge in [-0.25, -0.2) is 0 Å². The highest BCUT2D eigenvalue weighted by Crippen LogP contribution is 2.29. The molecule has 0 radical (unpaired) electrons. The second-order valence-corrected chi connectivity index (χ2v) is 6.49. The second kappa shape index (κ2) is 6.66. The third-order valence-corrected chi connectivity index (χ3v) is 4.07. The lowest BCUT2D eigenvalue weighted by atomic mass is 10.2. The molecular formula is C14H24N2OS. The van der Waals surface area contributed by atoms with Crippen molar-refractivity contribution in [2.24, 2.45) is 0 Å². The lowest BCUT2D eigenvalue weighted by molar-refractivity contribution is 0.102. The number of nitrogens with zero attached hydrogens (tertiary/aromatic N) is 1. The van der Waals surface area contributed by atoms with E-state index in [2.05, 4.69) is 41.6 Å². The zero-order valence-corrected chi connectivity index (χ0v) is 12.1. The van der Waals surface area contributed by atoms with E-state index in [0.717, 1.165) is 13.1 Å². The first-order chi connectivity index (χ1) is 8.65. The zero-order chi connectivity index (χ0) is 13.0. The maximum absolute atomic E-state index is 10.1. The number of nitrogens with one attached hydrogen (secondary N) is 1. The van der Waals surface area contributed by atoms with Gasteiger partial charge in [0, 0.05) is 36.6 Å². The maximum atomic E-state index is 10.1. The quantitative estimate of drug-likeness (QED) is 0.757. The van der Waals surface area contributed by atoms with Crippen molar-refractivity contribution < 1.29 is 5.11 Å². The molecule has 4 heteroatoms. The number of hydrogen-bond acceptors (Lipinski definition) is 4. The number of aliphatic hydroxyl groups excluding tert-OH is 1. The van der Waals surface area contributed by atoms with Gasteiger partial charge in [-0.15, -0.1) is 11.3 Å². The van der Waals surface area contributed by atoms with Gasteiger partial charge in [-0.1, -0.05) is 19.9 Å². The Morgan fingerprint density at radius 2 is 2.28 bits per heavy atom. The summed E-state index contributed by atoms with van der Waals surface area (Å²) in [5.41, 5.74) is 0. The highest BCUT2D eigenvalue weighted by molar-refractivity contribution is 7.09. The van der Waals surface area contributed by atoms with E-state index in [1.54, 1.807) is 11.3 Å². The Hall–Kier alpha value is -0.420. The Morgan fingerprint density at radius 3 is 2.83 bits per heavy atom. The monoisotopic (exact) mass is 268 g/mol. The van der Waals surface area contributed by atoms with Crippen molar-refractivity contribution in [3.63, 3.8) is 0 Å². The Bertz CT molecular complexity index is 336. The molecule has 1 fully saturated rings. The van der Waals surface area contributed by atoms with Gasteiger partial charge < -0.3 is 10.4 Å². The highest BCUT2D eigenvalue weighted by Gasteiger charge is 2.30. The number of thiophene rings is 1. The largest absolute Gasteiger partial charge is 0.390 e. The molecule has 0 aliphatic heterocycles. The third-order valence-electron chi connectivity index (χ3n) is 3.21. The maximum Gasteiger partial charge on any atom is 0.0791 e. The number of rotatable bonds is 8. The van der Waals surface area contributed by atoms with Gasteiger partial charge >= 0.3 is 0 Å². The van der Waals surface area contributed by atoms with E-state index in [1.165, 1.54) is 17.7 Å². The lowest BCUT2D eigenvalue weighted by Crippen LogP contribution is -2.40. The molecule has 0 amide bonds. The van der Waals surface area contributed by atoms with E-state index in [4.69, 9.17) is 0 Å². The molecule has 1 aliphatic carbocycles. The Kier molecular flexibility index (Phi) is 5.18. The second-order valence-electron chi connectivity index (χ2n) is 5.46. The standard InChI is InChI=1S/C14H24N2OS/c1-11(2)15-8-13(17)9-16(12-5-6-12)10-14-4-3-7-18-14/h3-4,7,11-13,15,17H,5-6,8-10H2,1-2H3. The van der Waals surface area contributed by atoms with Crippen LogP contribution in [-0.4, -0.2) is 41.3 Å². The molecule has 18 heavy (non-hydrogen) atoms. The van der Waals surface area contributed by atoms with Crippen LogP contribution in [0.4, 0.5) is 0 Å². The van der Waals surface area contributed by atoms with Crippen molar-refractivity contribution in [3.05, 3.63) is 22.4 Å². The van der Waals surface area contributed by atoms with E-state index in [0.29, 0.717) is 18.6 Å². The average Bonchev–Trinajstić information content (AvgIpc) is 3.05. The van der Waals surface area contributed by atoms with Crippen molar-refractivity contribution in [2.75, 3.05) is 13.1 Å². The van der Waals surface area contributed by atoms with Crippen LogP contribution in [0.3, 0.4) is 0 Å². The predicted molar refractivity (Wildman–Crippen MR) is 76.9 cm³/mol. The summed E-state index contributed by atoms with van der Waals surface area (Å²) in [6, 6.07) is 5.41. The third kappa shape index (κ3) is 4.69. The van der Waals surface area contributed by atoms with Crippen molar-refractivity contribution in [1.82, 2.24) is 10.2 Å². The molecule has 1 aromatic rings. The summed E-state index contributed by atoms with van der Waals surface area (Å²) in [6.45, 7) is 6.67. The topological polar surface area (TPSA) is 35.5 Å². The summed E-state index contributed by atoms with van der Waals surface area (Å²) in [6.07, 6.45) is 2.30. The molecule has 1 atom stereocenters. The van der Waals surface area contributed by atoms with Crippen LogP contribution in [0.5, 0.6) is 0 Å². The first-order valence-electron chi connectivity index (χ1n) is 6.83. The van der Waals surface area contributed by atoms with Crippen molar-refractivity contribution in [2.45, 2.75) is 51.4 Å². The molecule has 1 aliphatic rings. The van der Waals surface area contributed by atoms with E-state index < -0.39 is 0 Å². The van der Waals surface area contributed by atoms with Crippen molar-refractivity contribution >= 4 is 11.3 Å². The van der Waals surface area contributed by atoms with Crippen LogP contribution < -0.4 is 5.32 Å². The summed E-state index contributed by atoms with van der Waals surface area (Å²) in [5.74, 6) is 0. The molecule has 3 nitrogen and oxygen atoms in total. The van der Waals surface area contributed by atoms with Crippen molar-refractivity contribution in [1.29, 1.82) is 0 Å². The molecule has 1 heterocycles. The molecule has 102 valence electrons. The Morgan fingerprint density at radius 1 is 1.50 bits per heavy atom. The summed E-state index contributed by atoms with van der Waals surface area (Å²) >= 11 is 1.80. The fourth-order valence-corrected chi connectivity index (χ4v) is 2.82. The Labute approximate surface area is 114 Å². The molecular weight excluding hydrogens is 244 g/mol. The molecule has 1 saturated carbocycles. The minimum absolute atomic E-state index is 0.270. The van der Waals surface area contributed by atoms with Crippen LogP contribution in [0.25, 0.3) is 0 Å². The van der Waals surface area contributed by atoms with Gasteiger partial charge in [-0.05, 0) is 24.3 Å². The SMILES string of the molecule is CC(C)NCC(O)CN(Cc1cccs1)C1CC1. The van der Waals surface area contributed by atoms with Gasteiger partial charge in [-0.2, -0.15) is 0 Å². The zero-order valence-electron chi connectivity index (χ0n) is 11.3. The fourth-order valence-electron chi connectivity index (χ4n) is 2.09. The first kappa shape index (κ1) is 14.0. The van der Waals surface area contributed by atoms with Gasteiger partial charge in [0.25, 0.3) is 0 Å². The minimum Gasteiger partial charge on any atom is -0.390 e. The number of aliphatic hydroxyl groups is 1. The molecule has 0 saturated heterocycles. The molecule has 1 unspecified atom stereocenters. The Balaban J connectivity index is 1.79. The molecule has 0 bridgehead atoms. The van der Waals surface area contributed by atoms with E-state index >= 15 is 0 Å². The fraction of sp³-hybridized carbons (Fsp3) is 0.714. The highest BCUT2D eigenvalue weighted by atomic mass is 32.1. The normalized spacial score (nSPS) is 17.6. The minimum atomic E-state index is -0.270. The summed E-state index contributed by atoms with van der Waals surface area (Å²) in [7, 11) is 0. The van der Waals surface area contributed by atoms with Gasteiger partial charge in [0.05, 0.1) is 6.10 Å². The van der Waals surface area contributed by atoms with E-state index in [9.17, 15) is 5.11 Å². The molecule has 2 rings (SSSR count). The lowest BCUT2D eigenvalue weighted by Gasteiger charge is -2.25.